The first-order valence-corrected chi connectivity index (χ1v) is 16.8. The number of hydrazine groups is 1. The van der Waals surface area contributed by atoms with E-state index < -0.39 is 31.9 Å². The van der Waals surface area contributed by atoms with Crippen LogP contribution in [0.2, 0.25) is 0 Å². The zero-order chi connectivity index (χ0) is 33.5. The number of para-hydroxylation sites is 1. The molecule has 3 heterocycles. The smallest absolute Gasteiger partial charge is 0.404 e. The highest BCUT2D eigenvalue weighted by atomic mass is 32.1. The quantitative estimate of drug-likeness (QED) is 0.192. The lowest BCUT2D eigenvalue weighted by Crippen LogP contribution is -2.65. The largest absolute Gasteiger partial charge is 0.524 e. The van der Waals surface area contributed by atoms with E-state index in [0.29, 0.717) is 21.8 Å². The minimum Gasteiger partial charge on any atom is -0.404 e. The van der Waals surface area contributed by atoms with Crippen molar-refractivity contribution in [2.75, 3.05) is 25.9 Å². The normalized spacial score (nSPS) is 18.5. The van der Waals surface area contributed by atoms with Crippen molar-refractivity contribution in [3.8, 4) is 5.75 Å². The topological polar surface area (TPSA) is 182 Å². The van der Waals surface area contributed by atoms with Crippen molar-refractivity contribution in [3.63, 3.8) is 0 Å². The molecular weight excluding hydrogens is 652 g/mol. The SMILES string of the molecule is CN(C(=O)NCc1ccc(F)cc1)N1CC(=O)N2[C@H](Cc3ccc(OP(=O)(O)O)cc3)C(=O)N(Cc3cccc4sc(N)nc34)C[C@@H]21. The predicted molar refractivity (Wildman–Crippen MR) is 170 cm³/mol. The number of urea groups is 1. The second-order valence-electron chi connectivity index (χ2n) is 11.2. The van der Waals surface area contributed by atoms with Crippen LogP contribution in [-0.2, 0) is 33.7 Å². The Morgan fingerprint density at radius 1 is 1.13 bits per heavy atom. The molecule has 17 heteroatoms. The Kier molecular flexibility index (Phi) is 8.87. The van der Waals surface area contributed by atoms with E-state index in [1.165, 1.54) is 52.6 Å². The van der Waals surface area contributed by atoms with Gasteiger partial charge in [0.05, 0.1) is 23.3 Å². The summed E-state index contributed by atoms with van der Waals surface area (Å²) in [6.45, 7) is 0.255. The van der Waals surface area contributed by atoms with Crippen molar-refractivity contribution in [1.82, 2.24) is 30.1 Å². The Labute approximate surface area is 272 Å². The van der Waals surface area contributed by atoms with E-state index in [1.54, 1.807) is 34.2 Å². The summed E-state index contributed by atoms with van der Waals surface area (Å²) in [5, 5.41) is 6.10. The number of hydrogen-bond acceptors (Lipinski definition) is 9. The number of rotatable bonds is 9. The third-order valence-corrected chi connectivity index (χ3v) is 9.36. The zero-order valence-corrected chi connectivity index (χ0v) is 26.7. The summed E-state index contributed by atoms with van der Waals surface area (Å²) >= 11 is 1.34. The van der Waals surface area contributed by atoms with Crippen LogP contribution in [0.25, 0.3) is 10.2 Å². The molecule has 47 heavy (non-hydrogen) atoms. The van der Waals surface area contributed by atoms with Crippen LogP contribution in [0.3, 0.4) is 0 Å². The van der Waals surface area contributed by atoms with Gasteiger partial charge in [0.1, 0.15) is 23.8 Å². The Morgan fingerprint density at radius 3 is 2.53 bits per heavy atom. The lowest BCUT2D eigenvalue weighted by Gasteiger charge is -2.45. The monoisotopic (exact) mass is 683 g/mol. The molecule has 4 amide bonds. The second kappa shape index (κ2) is 12.9. The van der Waals surface area contributed by atoms with E-state index >= 15 is 0 Å². The van der Waals surface area contributed by atoms with Crippen molar-refractivity contribution < 1.29 is 37.6 Å². The van der Waals surface area contributed by atoms with E-state index in [1.807, 2.05) is 18.2 Å². The highest BCUT2D eigenvalue weighted by Crippen LogP contribution is 2.38. The molecule has 246 valence electrons. The first-order valence-electron chi connectivity index (χ1n) is 14.5. The number of hydrogen-bond donors (Lipinski definition) is 4. The number of nitrogens with zero attached hydrogens (tertiary/aromatic N) is 5. The number of benzene rings is 3. The van der Waals surface area contributed by atoms with Crippen molar-refractivity contribution in [3.05, 3.63) is 89.2 Å². The van der Waals surface area contributed by atoms with Gasteiger partial charge in [0.25, 0.3) is 0 Å². The van der Waals surface area contributed by atoms with Gasteiger partial charge < -0.3 is 25.4 Å². The van der Waals surface area contributed by atoms with Gasteiger partial charge in [0.15, 0.2) is 5.13 Å². The number of nitrogens with two attached hydrogens (primary N) is 1. The Bertz CT molecular complexity index is 1870. The summed E-state index contributed by atoms with van der Waals surface area (Å²) in [7, 11) is -3.23. The minimum atomic E-state index is -4.76. The average Bonchev–Trinajstić information content (AvgIpc) is 3.57. The molecule has 2 fully saturated rings. The number of carbonyl (C=O) groups is 3. The number of phosphoric ester groups is 1. The van der Waals surface area contributed by atoms with E-state index in [4.69, 9.17) is 15.5 Å². The van der Waals surface area contributed by atoms with E-state index in [9.17, 15) is 23.3 Å². The van der Waals surface area contributed by atoms with Crippen LogP contribution in [0, 0.1) is 5.82 Å². The van der Waals surface area contributed by atoms with Crippen molar-refractivity contribution in [1.29, 1.82) is 0 Å². The Hall–Kier alpha value is -4.60. The summed E-state index contributed by atoms with van der Waals surface area (Å²) in [4.78, 5) is 66.8. The lowest BCUT2D eigenvalue weighted by molar-refractivity contribution is -0.157. The maximum Gasteiger partial charge on any atom is 0.524 e. The summed E-state index contributed by atoms with van der Waals surface area (Å²) in [6.07, 6.45) is -0.598. The number of thiazole rings is 1. The molecule has 0 bridgehead atoms. The molecule has 6 rings (SSSR count). The maximum atomic E-state index is 14.1. The number of aromatic nitrogens is 1. The number of anilines is 1. The van der Waals surface area contributed by atoms with Gasteiger partial charge in [0.2, 0.25) is 11.8 Å². The van der Waals surface area contributed by atoms with Gasteiger partial charge in [0, 0.05) is 26.6 Å². The number of nitrogens with one attached hydrogen (secondary N) is 1. The van der Waals surface area contributed by atoms with Gasteiger partial charge in [-0.25, -0.2) is 18.7 Å². The van der Waals surface area contributed by atoms with Crippen molar-refractivity contribution in [2.45, 2.75) is 31.7 Å². The number of carbonyl (C=O) groups excluding carboxylic acids is 3. The van der Waals surface area contributed by atoms with Crippen molar-refractivity contribution in [2.24, 2.45) is 0 Å². The van der Waals surface area contributed by atoms with Crippen LogP contribution in [0.1, 0.15) is 16.7 Å². The molecule has 14 nitrogen and oxygen atoms in total. The Morgan fingerprint density at radius 2 is 1.83 bits per heavy atom. The van der Waals surface area contributed by atoms with Gasteiger partial charge in [-0.3, -0.25) is 24.4 Å². The number of piperazine rings is 1. The standard InChI is InChI=1S/C30H31FN7O7PS/c1-35(30(41)33-14-19-5-9-21(31)10-6-19)37-17-26(39)38-23(13-18-7-11-22(12-8-18)45-46(42,43)44)28(40)36(16-25(37)38)15-20-3-2-4-24-27(20)34-29(32)47-24/h2-12,23,25H,13-17H2,1H3,(H2,32,34)(H,33,41)(H2,42,43,44)/t23-,25-/m1/s1. The van der Waals surface area contributed by atoms with Crippen LogP contribution < -0.4 is 15.6 Å². The van der Waals surface area contributed by atoms with Crippen LogP contribution in [0.4, 0.5) is 14.3 Å². The molecule has 2 aliphatic heterocycles. The minimum absolute atomic E-state index is 0.0520. The van der Waals surface area contributed by atoms with Crippen molar-refractivity contribution >= 4 is 52.4 Å². The van der Waals surface area contributed by atoms with E-state index in [-0.39, 0.29) is 50.2 Å². The molecule has 5 N–H and O–H groups in total. The highest BCUT2D eigenvalue weighted by molar-refractivity contribution is 7.46. The molecule has 0 saturated carbocycles. The number of fused-ring (bicyclic) bond motifs is 2. The maximum absolute atomic E-state index is 14.1. The van der Waals surface area contributed by atoms with Crippen LogP contribution in [0.15, 0.2) is 66.7 Å². The first kappa shape index (κ1) is 32.3. The van der Waals surface area contributed by atoms with Gasteiger partial charge >= 0.3 is 13.9 Å². The molecule has 3 aromatic carbocycles. The molecule has 0 unspecified atom stereocenters. The average molecular weight is 684 g/mol. The second-order valence-corrected chi connectivity index (χ2v) is 13.4. The molecule has 0 aliphatic carbocycles. The third kappa shape index (κ3) is 7.06. The fourth-order valence-electron chi connectivity index (χ4n) is 5.86. The van der Waals surface area contributed by atoms with Gasteiger partial charge in [-0.1, -0.05) is 47.7 Å². The summed E-state index contributed by atoms with van der Waals surface area (Å²) in [6, 6.07) is 15.8. The fourth-order valence-corrected chi connectivity index (χ4v) is 7.04. The van der Waals surface area contributed by atoms with E-state index in [2.05, 4.69) is 14.8 Å². The molecule has 1 aromatic heterocycles. The van der Waals surface area contributed by atoms with Gasteiger partial charge in [-0.15, -0.1) is 0 Å². The van der Waals surface area contributed by atoms with E-state index in [0.717, 1.165) is 10.3 Å². The summed E-state index contributed by atoms with van der Waals surface area (Å²) < 4.78 is 30.1. The predicted octanol–water partition coefficient (Wildman–Crippen LogP) is 2.67. The number of phosphoric acid groups is 1. The van der Waals surface area contributed by atoms with Gasteiger partial charge in [-0.2, -0.15) is 5.01 Å². The number of amides is 4. The molecule has 4 aromatic rings. The van der Waals surface area contributed by atoms with Crippen LogP contribution in [-0.4, -0.2) is 84.8 Å². The summed E-state index contributed by atoms with van der Waals surface area (Å²) in [5.74, 6) is -1.10. The third-order valence-electron chi connectivity index (χ3n) is 8.06. The molecule has 0 spiro atoms. The zero-order valence-electron chi connectivity index (χ0n) is 25.0. The molecular formula is C30H31FN7O7PS. The van der Waals surface area contributed by atoms with Crippen LogP contribution >= 0.6 is 19.2 Å². The molecule has 2 atom stereocenters. The number of halogens is 1. The molecule has 2 saturated heterocycles. The fraction of sp³-hybridized carbons (Fsp3) is 0.267. The summed E-state index contributed by atoms with van der Waals surface area (Å²) in [5.41, 5.74) is 8.73. The first-order chi connectivity index (χ1) is 22.4. The molecule has 0 radical (unpaired) electrons. The molecule has 2 aliphatic rings. The van der Waals surface area contributed by atoms with Crippen LogP contribution in [0.5, 0.6) is 5.75 Å². The highest BCUT2D eigenvalue weighted by Gasteiger charge is 2.51. The lowest BCUT2D eigenvalue weighted by atomic mass is 9.99. The number of nitrogen functional groups attached to an aromatic ring is 1. The van der Waals surface area contributed by atoms with Gasteiger partial charge in [-0.05, 0) is 47.0 Å². The Balaban J connectivity index is 1.27.